The minimum absolute atomic E-state index is 0.430. The third-order valence-corrected chi connectivity index (χ3v) is 5.13. The van der Waals surface area contributed by atoms with Crippen molar-refractivity contribution in [3.8, 4) is 0 Å². The van der Waals surface area contributed by atoms with Crippen molar-refractivity contribution in [1.29, 1.82) is 0 Å². The average Bonchev–Trinajstić information content (AvgIpc) is 3.16. The van der Waals surface area contributed by atoms with E-state index in [0.29, 0.717) is 5.41 Å². The summed E-state index contributed by atoms with van der Waals surface area (Å²) in [4.78, 5) is 2.72. The van der Waals surface area contributed by atoms with E-state index in [1.54, 1.807) is 0 Å². The number of nitrogens with two attached hydrogens (primary N) is 1. The van der Waals surface area contributed by atoms with Crippen molar-refractivity contribution in [2.45, 2.75) is 51.0 Å². The molecule has 2 heteroatoms. The van der Waals surface area contributed by atoms with Crippen LogP contribution >= 0.6 is 0 Å². The molecule has 2 atom stereocenters. The molecule has 19 heavy (non-hydrogen) atoms. The number of hydrogen-bond acceptors (Lipinski definition) is 2. The fourth-order valence-electron chi connectivity index (χ4n) is 3.51. The van der Waals surface area contributed by atoms with Crippen LogP contribution in [0.3, 0.4) is 0 Å². The second kappa shape index (κ2) is 4.82. The Labute approximate surface area is 117 Å². The predicted octanol–water partition coefficient (Wildman–Crippen LogP) is 3.42. The molecule has 3 rings (SSSR count). The van der Waals surface area contributed by atoms with Crippen LogP contribution in [0.2, 0.25) is 0 Å². The van der Waals surface area contributed by atoms with Gasteiger partial charge in [-0.05, 0) is 56.2 Å². The van der Waals surface area contributed by atoms with Crippen LogP contribution in [-0.4, -0.2) is 24.0 Å². The van der Waals surface area contributed by atoms with Crippen LogP contribution in [0.4, 0.5) is 5.69 Å². The van der Waals surface area contributed by atoms with Gasteiger partial charge in [-0.2, -0.15) is 0 Å². The molecule has 2 aliphatic rings. The molecule has 1 aliphatic carbocycles. The predicted molar refractivity (Wildman–Crippen MR) is 81.2 cm³/mol. The molecule has 2 fully saturated rings. The first-order valence-corrected chi connectivity index (χ1v) is 7.69. The molecule has 0 spiro atoms. The van der Waals surface area contributed by atoms with Gasteiger partial charge in [0.25, 0.3) is 0 Å². The van der Waals surface area contributed by atoms with Gasteiger partial charge in [0.2, 0.25) is 0 Å². The molecule has 1 saturated heterocycles. The van der Waals surface area contributed by atoms with Crippen molar-refractivity contribution in [2.24, 2.45) is 5.92 Å². The van der Waals surface area contributed by atoms with Crippen LogP contribution in [0.5, 0.6) is 0 Å². The highest BCUT2D eigenvalue weighted by Gasteiger charge is 2.46. The number of hydrogen-bond donors (Lipinski definition) is 1. The fourth-order valence-corrected chi connectivity index (χ4v) is 3.51. The number of benzene rings is 1. The van der Waals surface area contributed by atoms with E-state index in [1.165, 1.54) is 44.3 Å². The second-order valence-corrected chi connectivity index (χ2v) is 6.86. The smallest absolute Gasteiger partial charge is 0.0314 e. The molecule has 1 aromatic carbocycles. The molecule has 1 aliphatic heterocycles. The summed E-state index contributed by atoms with van der Waals surface area (Å²) in [5.74, 6) is 0.860. The third kappa shape index (κ3) is 2.64. The van der Waals surface area contributed by atoms with Gasteiger partial charge in [0.05, 0.1) is 0 Å². The molecule has 0 radical (unpaired) electrons. The summed E-state index contributed by atoms with van der Waals surface area (Å²) in [5.41, 5.74) is 8.60. The second-order valence-electron chi connectivity index (χ2n) is 6.86. The van der Waals surface area contributed by atoms with Gasteiger partial charge in [0.1, 0.15) is 0 Å². The Morgan fingerprint density at radius 2 is 1.84 bits per heavy atom. The van der Waals surface area contributed by atoms with Crippen LogP contribution in [0.15, 0.2) is 24.3 Å². The largest absolute Gasteiger partial charge is 0.399 e. The topological polar surface area (TPSA) is 29.3 Å². The highest BCUT2D eigenvalue weighted by Crippen LogP contribution is 2.49. The van der Waals surface area contributed by atoms with E-state index in [0.717, 1.165) is 17.6 Å². The van der Waals surface area contributed by atoms with Crippen molar-refractivity contribution in [3.63, 3.8) is 0 Å². The molecule has 0 amide bonds. The van der Waals surface area contributed by atoms with Crippen molar-refractivity contribution in [1.82, 2.24) is 4.90 Å². The monoisotopic (exact) mass is 258 g/mol. The highest BCUT2D eigenvalue weighted by molar-refractivity contribution is 5.43. The summed E-state index contributed by atoms with van der Waals surface area (Å²) in [6, 6.07) is 9.33. The quantitative estimate of drug-likeness (QED) is 0.842. The van der Waals surface area contributed by atoms with Gasteiger partial charge in [0, 0.05) is 30.2 Å². The average molecular weight is 258 g/mol. The van der Waals surface area contributed by atoms with Crippen molar-refractivity contribution in [3.05, 3.63) is 29.8 Å². The summed E-state index contributed by atoms with van der Waals surface area (Å²) < 4.78 is 0. The van der Waals surface area contributed by atoms with Crippen LogP contribution in [0.1, 0.15) is 45.1 Å². The first-order valence-electron chi connectivity index (χ1n) is 7.69. The lowest BCUT2D eigenvalue weighted by atomic mass is 9.90. The maximum atomic E-state index is 5.80. The third-order valence-electron chi connectivity index (χ3n) is 5.13. The van der Waals surface area contributed by atoms with Gasteiger partial charge < -0.3 is 5.73 Å². The Morgan fingerprint density at radius 1 is 1.16 bits per heavy atom. The lowest BCUT2D eigenvalue weighted by Crippen LogP contribution is -2.44. The Balaban J connectivity index is 1.73. The van der Waals surface area contributed by atoms with E-state index >= 15 is 0 Å². The summed E-state index contributed by atoms with van der Waals surface area (Å²) in [6.45, 7) is 7.30. The lowest BCUT2D eigenvalue weighted by molar-refractivity contribution is 0.113. The Hall–Kier alpha value is -1.02. The van der Waals surface area contributed by atoms with Gasteiger partial charge in [-0.15, -0.1) is 0 Å². The molecular weight excluding hydrogens is 232 g/mol. The van der Waals surface area contributed by atoms with Gasteiger partial charge in [-0.3, -0.25) is 4.90 Å². The molecule has 0 bridgehead atoms. The molecule has 1 heterocycles. The van der Waals surface area contributed by atoms with E-state index < -0.39 is 0 Å². The molecular formula is C17H26N2. The van der Waals surface area contributed by atoms with Crippen LogP contribution in [-0.2, 0) is 5.41 Å². The zero-order valence-electron chi connectivity index (χ0n) is 12.2. The zero-order chi connectivity index (χ0) is 13.5. The van der Waals surface area contributed by atoms with Crippen LogP contribution in [0, 0.1) is 5.92 Å². The number of nitrogens with zero attached hydrogens (tertiary/aromatic N) is 1. The summed E-state index contributed by atoms with van der Waals surface area (Å²) in [6.07, 6.45) is 5.44. The SMILES string of the molecule is CC1CCC(C)N(CC2(c3ccc(N)cc3)CC2)C1. The number of rotatable bonds is 3. The van der Waals surface area contributed by atoms with Crippen molar-refractivity contribution < 1.29 is 0 Å². The standard InChI is InChI=1S/C17H26N2/c1-13-3-4-14(2)19(11-13)12-17(9-10-17)15-5-7-16(18)8-6-15/h5-8,13-14H,3-4,9-12,18H2,1-2H3. The number of likely N-dealkylation sites (tertiary alicyclic amines) is 1. The lowest BCUT2D eigenvalue weighted by Gasteiger charge is -2.39. The normalized spacial score (nSPS) is 30.2. The first-order chi connectivity index (χ1) is 9.09. The number of anilines is 1. The molecule has 2 unspecified atom stereocenters. The van der Waals surface area contributed by atoms with Gasteiger partial charge in [0.15, 0.2) is 0 Å². The van der Waals surface area contributed by atoms with Crippen molar-refractivity contribution >= 4 is 5.69 Å². The van der Waals surface area contributed by atoms with E-state index in [-0.39, 0.29) is 0 Å². The fraction of sp³-hybridized carbons (Fsp3) is 0.647. The highest BCUT2D eigenvalue weighted by atomic mass is 15.2. The minimum Gasteiger partial charge on any atom is -0.399 e. The van der Waals surface area contributed by atoms with Gasteiger partial charge in [-0.25, -0.2) is 0 Å². The molecule has 2 nitrogen and oxygen atoms in total. The Morgan fingerprint density at radius 3 is 2.47 bits per heavy atom. The summed E-state index contributed by atoms with van der Waals surface area (Å²) in [5, 5.41) is 0. The first kappa shape index (κ1) is 13.0. The van der Waals surface area contributed by atoms with E-state index in [4.69, 9.17) is 5.73 Å². The Bertz CT molecular complexity index is 433. The number of piperidine rings is 1. The Kier molecular flexibility index (Phi) is 3.30. The van der Waals surface area contributed by atoms with Gasteiger partial charge in [-0.1, -0.05) is 19.1 Å². The minimum atomic E-state index is 0.430. The maximum Gasteiger partial charge on any atom is 0.0314 e. The molecule has 1 saturated carbocycles. The molecule has 1 aromatic rings. The van der Waals surface area contributed by atoms with Crippen LogP contribution < -0.4 is 5.73 Å². The van der Waals surface area contributed by atoms with E-state index in [2.05, 4.69) is 43.0 Å². The van der Waals surface area contributed by atoms with Crippen molar-refractivity contribution in [2.75, 3.05) is 18.8 Å². The van der Waals surface area contributed by atoms with E-state index in [1.807, 2.05) is 0 Å². The summed E-state index contributed by atoms with van der Waals surface area (Å²) >= 11 is 0. The molecule has 104 valence electrons. The molecule has 2 N–H and O–H groups in total. The molecule has 0 aromatic heterocycles. The zero-order valence-corrected chi connectivity index (χ0v) is 12.2. The number of nitrogen functional groups attached to an aromatic ring is 1. The summed E-state index contributed by atoms with van der Waals surface area (Å²) in [7, 11) is 0. The maximum absolute atomic E-state index is 5.80. The van der Waals surface area contributed by atoms with Crippen LogP contribution in [0.25, 0.3) is 0 Å². The van der Waals surface area contributed by atoms with Gasteiger partial charge >= 0.3 is 0 Å². The van der Waals surface area contributed by atoms with E-state index in [9.17, 15) is 0 Å².